The van der Waals surface area contributed by atoms with Gasteiger partial charge in [0.05, 0.1) is 19.8 Å². The van der Waals surface area contributed by atoms with E-state index >= 15 is 0 Å². The fourth-order valence-electron chi connectivity index (χ4n) is 2.81. The minimum atomic E-state index is -0.388. The third-order valence-electron chi connectivity index (χ3n) is 3.96. The lowest BCUT2D eigenvalue weighted by Crippen LogP contribution is -2.36. The van der Waals surface area contributed by atoms with Crippen LogP contribution in [0.4, 0.5) is 0 Å². The zero-order valence-corrected chi connectivity index (χ0v) is 13.1. The molecule has 2 heterocycles. The lowest BCUT2D eigenvalue weighted by molar-refractivity contribution is 0.0334. The summed E-state index contributed by atoms with van der Waals surface area (Å²) >= 11 is 0. The molecule has 0 unspecified atom stereocenters. The summed E-state index contributed by atoms with van der Waals surface area (Å²) in [5, 5.41) is 0.995. The molecule has 5 nitrogen and oxygen atoms in total. The number of fused-ring (bicyclic) bond motifs is 1. The summed E-state index contributed by atoms with van der Waals surface area (Å²) in [7, 11) is 0. The van der Waals surface area contributed by atoms with Crippen molar-refractivity contribution in [3.63, 3.8) is 0 Å². The highest BCUT2D eigenvalue weighted by Crippen LogP contribution is 2.30. The number of rotatable bonds is 4. The van der Waals surface area contributed by atoms with Gasteiger partial charge in [-0.1, -0.05) is 18.2 Å². The van der Waals surface area contributed by atoms with Gasteiger partial charge in [0, 0.05) is 30.6 Å². The van der Waals surface area contributed by atoms with Gasteiger partial charge >= 0.3 is 5.97 Å². The van der Waals surface area contributed by atoms with Gasteiger partial charge in [-0.05, 0) is 19.4 Å². The number of nitrogens with zero attached hydrogens (tertiary/aromatic N) is 1. The lowest BCUT2D eigenvalue weighted by Gasteiger charge is -2.26. The molecular weight excluding hydrogens is 282 g/mol. The van der Waals surface area contributed by atoms with Gasteiger partial charge in [0.15, 0.2) is 0 Å². The number of aryl methyl sites for hydroxylation is 1. The monoisotopic (exact) mass is 303 g/mol. The molecule has 0 N–H and O–H groups in total. The zero-order valence-electron chi connectivity index (χ0n) is 13.1. The van der Waals surface area contributed by atoms with E-state index in [1.54, 1.807) is 6.92 Å². The molecule has 1 aliphatic rings. The van der Waals surface area contributed by atoms with Crippen LogP contribution in [0.5, 0.6) is 0 Å². The number of hydrogen-bond acceptors (Lipinski definition) is 5. The van der Waals surface area contributed by atoms with Crippen LogP contribution in [0.2, 0.25) is 0 Å². The molecule has 5 heteroatoms. The largest absolute Gasteiger partial charge is 0.460 e. The second-order valence-electron chi connectivity index (χ2n) is 5.47. The Hall–Kier alpha value is -1.85. The van der Waals surface area contributed by atoms with Crippen LogP contribution >= 0.6 is 0 Å². The second kappa shape index (κ2) is 6.50. The number of benzene rings is 1. The number of morpholine rings is 1. The maximum Gasteiger partial charge on any atom is 0.374 e. The van der Waals surface area contributed by atoms with Gasteiger partial charge in [0.1, 0.15) is 5.58 Å². The molecule has 0 aliphatic carbocycles. The quantitative estimate of drug-likeness (QED) is 0.813. The fourth-order valence-corrected chi connectivity index (χ4v) is 2.81. The molecule has 0 atom stereocenters. The fraction of sp³-hybridized carbons (Fsp3) is 0.471. The minimum absolute atomic E-state index is 0.331. The first kappa shape index (κ1) is 15.1. The number of esters is 1. The molecule has 0 radical (unpaired) electrons. The number of carbonyl (C=O) groups is 1. The predicted molar refractivity (Wildman–Crippen MR) is 83.0 cm³/mol. The van der Waals surface area contributed by atoms with Crippen LogP contribution in [0, 0.1) is 6.92 Å². The van der Waals surface area contributed by atoms with Crippen molar-refractivity contribution in [1.29, 1.82) is 0 Å². The Labute approximate surface area is 129 Å². The summed E-state index contributed by atoms with van der Waals surface area (Å²) in [4.78, 5) is 14.5. The Bertz CT molecular complexity index is 671. The third kappa shape index (κ3) is 2.87. The number of carbonyl (C=O) groups excluding carboxylic acids is 1. The highest BCUT2D eigenvalue weighted by atomic mass is 16.5. The highest BCUT2D eigenvalue weighted by Gasteiger charge is 2.24. The molecule has 1 aromatic heterocycles. The molecular formula is C17H21NO4. The van der Waals surface area contributed by atoms with Crippen LogP contribution in [0.1, 0.15) is 28.6 Å². The first-order chi connectivity index (χ1) is 10.7. The van der Waals surface area contributed by atoms with Crippen LogP contribution in [-0.2, 0) is 16.0 Å². The smallest absolute Gasteiger partial charge is 0.374 e. The normalized spacial score (nSPS) is 16.1. The van der Waals surface area contributed by atoms with Crippen LogP contribution < -0.4 is 0 Å². The molecule has 0 bridgehead atoms. The Balaban J connectivity index is 2.01. The van der Waals surface area contributed by atoms with E-state index in [0.717, 1.165) is 48.4 Å². The van der Waals surface area contributed by atoms with Gasteiger partial charge in [0.25, 0.3) is 0 Å². The van der Waals surface area contributed by atoms with Gasteiger partial charge < -0.3 is 13.9 Å². The van der Waals surface area contributed by atoms with Gasteiger partial charge in [-0.25, -0.2) is 4.79 Å². The summed E-state index contributed by atoms with van der Waals surface area (Å²) in [6.45, 7) is 7.97. The number of furan rings is 1. The van der Waals surface area contributed by atoms with Crippen LogP contribution in [0.25, 0.3) is 11.0 Å². The van der Waals surface area contributed by atoms with E-state index < -0.39 is 0 Å². The summed E-state index contributed by atoms with van der Waals surface area (Å²) in [6, 6.07) is 5.98. The number of hydrogen-bond donors (Lipinski definition) is 0. The van der Waals surface area contributed by atoms with Gasteiger partial charge in [-0.2, -0.15) is 0 Å². The van der Waals surface area contributed by atoms with Crippen molar-refractivity contribution in [2.45, 2.75) is 20.4 Å². The lowest BCUT2D eigenvalue weighted by atomic mass is 10.1. The van der Waals surface area contributed by atoms with Crippen molar-refractivity contribution in [3.8, 4) is 0 Å². The molecule has 2 aromatic rings. The second-order valence-corrected chi connectivity index (χ2v) is 5.47. The van der Waals surface area contributed by atoms with Gasteiger partial charge in [-0.15, -0.1) is 0 Å². The van der Waals surface area contributed by atoms with Crippen molar-refractivity contribution in [2.75, 3.05) is 32.9 Å². The molecule has 1 aliphatic heterocycles. The van der Waals surface area contributed by atoms with Gasteiger partial charge in [-0.3, -0.25) is 4.90 Å². The maximum absolute atomic E-state index is 12.2. The van der Waals surface area contributed by atoms with E-state index in [9.17, 15) is 4.79 Å². The molecule has 1 fully saturated rings. The van der Waals surface area contributed by atoms with Crippen molar-refractivity contribution in [1.82, 2.24) is 4.90 Å². The maximum atomic E-state index is 12.2. The average Bonchev–Trinajstić information content (AvgIpc) is 2.89. The molecule has 0 amide bonds. The first-order valence-electron chi connectivity index (χ1n) is 7.69. The van der Waals surface area contributed by atoms with E-state index in [-0.39, 0.29) is 5.97 Å². The van der Waals surface area contributed by atoms with Crippen LogP contribution in [-0.4, -0.2) is 43.8 Å². The summed E-state index contributed by atoms with van der Waals surface area (Å²) in [5.74, 6) is -0.0565. The molecule has 3 rings (SSSR count). The molecule has 22 heavy (non-hydrogen) atoms. The predicted octanol–water partition coefficient (Wildman–Crippen LogP) is 2.75. The highest BCUT2D eigenvalue weighted by molar-refractivity contribution is 5.96. The average molecular weight is 303 g/mol. The molecule has 1 saturated heterocycles. The molecule has 0 spiro atoms. The Kier molecular flexibility index (Phi) is 4.45. The Morgan fingerprint density at radius 1 is 1.32 bits per heavy atom. The minimum Gasteiger partial charge on any atom is -0.460 e. The van der Waals surface area contributed by atoms with Crippen molar-refractivity contribution >= 4 is 16.9 Å². The SMILES string of the molecule is CCOC(=O)c1oc2c(C)cccc2c1CN1CCOCC1. The topological polar surface area (TPSA) is 51.9 Å². The summed E-state index contributed by atoms with van der Waals surface area (Å²) in [5.41, 5.74) is 2.71. The number of para-hydroxylation sites is 1. The summed E-state index contributed by atoms with van der Waals surface area (Å²) in [6.07, 6.45) is 0. The van der Waals surface area contributed by atoms with E-state index in [2.05, 4.69) is 4.90 Å². The van der Waals surface area contributed by atoms with Crippen molar-refractivity contribution in [3.05, 3.63) is 35.1 Å². The van der Waals surface area contributed by atoms with E-state index in [1.807, 2.05) is 25.1 Å². The van der Waals surface area contributed by atoms with Crippen molar-refractivity contribution in [2.24, 2.45) is 0 Å². The number of ether oxygens (including phenoxy) is 2. The molecule has 118 valence electrons. The zero-order chi connectivity index (χ0) is 15.5. The standard InChI is InChI=1S/C17H21NO4/c1-3-21-17(19)16-14(11-18-7-9-20-10-8-18)13-6-4-5-12(2)15(13)22-16/h4-6H,3,7-11H2,1-2H3. The van der Waals surface area contributed by atoms with E-state index in [0.29, 0.717) is 18.9 Å². The first-order valence-corrected chi connectivity index (χ1v) is 7.69. The third-order valence-corrected chi connectivity index (χ3v) is 3.96. The molecule has 1 aromatic carbocycles. The Morgan fingerprint density at radius 2 is 2.09 bits per heavy atom. The van der Waals surface area contributed by atoms with E-state index in [1.165, 1.54) is 0 Å². The summed E-state index contributed by atoms with van der Waals surface area (Å²) < 4.78 is 16.4. The van der Waals surface area contributed by atoms with Gasteiger partial charge in [0.2, 0.25) is 5.76 Å². The van der Waals surface area contributed by atoms with Crippen LogP contribution in [0.3, 0.4) is 0 Å². The van der Waals surface area contributed by atoms with Crippen LogP contribution in [0.15, 0.2) is 22.6 Å². The Morgan fingerprint density at radius 3 is 2.82 bits per heavy atom. The van der Waals surface area contributed by atoms with E-state index in [4.69, 9.17) is 13.9 Å². The van der Waals surface area contributed by atoms with Crippen molar-refractivity contribution < 1.29 is 18.7 Å². The molecule has 0 saturated carbocycles.